The van der Waals surface area contributed by atoms with E-state index >= 15 is 0 Å². The van der Waals surface area contributed by atoms with E-state index in [4.69, 9.17) is 14.2 Å². The van der Waals surface area contributed by atoms with Crippen LogP contribution in [-0.4, -0.2) is 49.6 Å². The molecule has 0 aromatic rings. The monoisotopic (exact) mass is 497 g/mol. The van der Waals surface area contributed by atoms with Crippen LogP contribution in [0.5, 0.6) is 0 Å². The number of esters is 1. The summed E-state index contributed by atoms with van der Waals surface area (Å²) in [7, 11) is 3.38. The molecule has 0 saturated heterocycles. The lowest BCUT2D eigenvalue weighted by Crippen LogP contribution is -2.21. The van der Waals surface area contributed by atoms with Gasteiger partial charge < -0.3 is 14.2 Å². The van der Waals surface area contributed by atoms with Crippen LogP contribution in [0, 0.1) is 27.9 Å². The molecule has 9 heteroatoms. The summed E-state index contributed by atoms with van der Waals surface area (Å²) < 4.78 is 16.0. The number of unbranched alkanes of at least 4 members (excludes halogenated alkanes) is 3. The molecule has 1 unspecified atom stereocenters. The molecular weight excluding hydrogens is 454 g/mol. The number of nitrogens with zero attached hydrogens (tertiary/aromatic N) is 1. The highest BCUT2D eigenvalue weighted by molar-refractivity contribution is 5.84. The van der Waals surface area contributed by atoms with E-state index in [0.29, 0.717) is 18.8 Å². The summed E-state index contributed by atoms with van der Waals surface area (Å²) in [5.41, 5.74) is 0. The van der Waals surface area contributed by atoms with Crippen LogP contribution >= 0.6 is 0 Å². The Kier molecular flexibility index (Phi) is 15.1. The molecule has 0 N–H and O–H groups in total. The number of ether oxygens (including phenoxy) is 3. The second-order valence-electron chi connectivity index (χ2n) is 9.29. The number of rotatable bonds is 18. The van der Waals surface area contributed by atoms with Crippen molar-refractivity contribution < 1.29 is 33.7 Å². The molecule has 0 amide bonds. The third kappa shape index (κ3) is 12.3. The van der Waals surface area contributed by atoms with Crippen LogP contribution in [0.15, 0.2) is 24.3 Å². The van der Waals surface area contributed by atoms with E-state index in [9.17, 15) is 19.7 Å². The fourth-order valence-corrected chi connectivity index (χ4v) is 4.54. The summed E-state index contributed by atoms with van der Waals surface area (Å²) >= 11 is 0. The second kappa shape index (κ2) is 17.2. The van der Waals surface area contributed by atoms with Gasteiger partial charge in [-0.25, -0.2) is 4.79 Å². The molecule has 9 nitrogen and oxygen atoms in total. The van der Waals surface area contributed by atoms with E-state index in [-0.39, 0.29) is 29.8 Å². The maximum absolute atomic E-state index is 12.7. The number of carbonyl (C=O) groups excluding carboxylic acids is 2. The highest BCUT2D eigenvalue weighted by Crippen LogP contribution is 2.36. The molecule has 1 aliphatic rings. The molecule has 1 saturated carbocycles. The molecule has 0 radical (unpaired) electrons. The zero-order chi connectivity index (χ0) is 26.2. The smallest absolute Gasteiger partial charge is 0.332 e. The van der Waals surface area contributed by atoms with Crippen molar-refractivity contribution in [2.75, 3.05) is 14.2 Å². The van der Waals surface area contributed by atoms with Gasteiger partial charge in [-0.1, -0.05) is 57.8 Å². The number of ketones is 1. The van der Waals surface area contributed by atoms with Gasteiger partial charge in [-0.3, -0.25) is 9.63 Å². The van der Waals surface area contributed by atoms with Crippen molar-refractivity contribution in [3.63, 3.8) is 0 Å². The van der Waals surface area contributed by atoms with Gasteiger partial charge in [0.15, 0.2) is 0 Å². The van der Waals surface area contributed by atoms with Crippen molar-refractivity contribution in [3.8, 4) is 0 Å². The minimum Gasteiger partial charge on any atom is -0.432 e. The molecule has 0 aromatic carbocycles. The summed E-state index contributed by atoms with van der Waals surface area (Å²) in [6.07, 6.45) is 13.8. The minimum atomic E-state index is -1.26. The quantitative estimate of drug-likeness (QED) is 0.0482. The Morgan fingerprint density at radius 3 is 2.60 bits per heavy atom. The number of allylic oxidation sites excluding steroid dienone is 1. The molecule has 0 heterocycles. The van der Waals surface area contributed by atoms with E-state index in [1.165, 1.54) is 32.3 Å². The molecule has 0 spiro atoms. The summed E-state index contributed by atoms with van der Waals surface area (Å²) in [6.45, 7) is 5.73. The normalized spacial score (nSPS) is 23.0. The molecule has 1 aliphatic carbocycles. The fourth-order valence-electron chi connectivity index (χ4n) is 4.54. The first-order valence-corrected chi connectivity index (χ1v) is 12.7. The van der Waals surface area contributed by atoms with Gasteiger partial charge in [0.2, 0.25) is 6.29 Å². The summed E-state index contributed by atoms with van der Waals surface area (Å²) in [4.78, 5) is 38.6. The minimum absolute atomic E-state index is 0.0269. The van der Waals surface area contributed by atoms with Crippen molar-refractivity contribution in [1.29, 1.82) is 0 Å². The van der Waals surface area contributed by atoms with E-state index < -0.39 is 17.3 Å². The zero-order valence-electron chi connectivity index (χ0n) is 21.9. The molecule has 0 aliphatic heterocycles. The van der Waals surface area contributed by atoms with Crippen molar-refractivity contribution in [3.05, 3.63) is 34.4 Å². The number of hydrogen-bond acceptors (Lipinski definition) is 8. The Labute approximate surface area is 209 Å². The van der Waals surface area contributed by atoms with Crippen LogP contribution in [-0.2, 0) is 28.6 Å². The van der Waals surface area contributed by atoms with E-state index in [2.05, 4.69) is 30.8 Å². The Morgan fingerprint density at radius 2 is 1.97 bits per heavy atom. The Bertz CT molecular complexity index is 707. The first-order chi connectivity index (χ1) is 16.7. The van der Waals surface area contributed by atoms with Crippen molar-refractivity contribution in [2.45, 2.75) is 97.1 Å². The Balaban J connectivity index is 2.54. The van der Waals surface area contributed by atoms with Crippen LogP contribution in [0.2, 0.25) is 0 Å². The lowest BCUT2D eigenvalue weighted by atomic mass is 9.88. The van der Waals surface area contributed by atoms with Crippen LogP contribution < -0.4 is 0 Å². The molecular formula is C26H43NO8. The van der Waals surface area contributed by atoms with E-state index in [0.717, 1.165) is 25.7 Å². The molecule has 1 rings (SSSR count). The average molecular weight is 498 g/mol. The maximum atomic E-state index is 12.7. The van der Waals surface area contributed by atoms with Crippen molar-refractivity contribution in [2.24, 2.45) is 17.8 Å². The molecule has 200 valence electrons. The Hall–Kier alpha value is -2.26. The van der Waals surface area contributed by atoms with Gasteiger partial charge >= 0.3 is 5.97 Å². The highest BCUT2D eigenvalue weighted by Gasteiger charge is 2.40. The third-order valence-corrected chi connectivity index (χ3v) is 6.45. The molecule has 6 atom stereocenters. The van der Waals surface area contributed by atoms with Crippen molar-refractivity contribution in [1.82, 2.24) is 0 Å². The van der Waals surface area contributed by atoms with Gasteiger partial charge in [0.1, 0.15) is 5.78 Å². The zero-order valence-corrected chi connectivity index (χ0v) is 21.9. The lowest BCUT2D eigenvalue weighted by molar-refractivity contribution is -0.777. The van der Waals surface area contributed by atoms with Gasteiger partial charge in [-0.05, 0) is 38.5 Å². The predicted molar refractivity (Wildman–Crippen MR) is 132 cm³/mol. The standard InChI is InChI=1S/C26H43NO8/c1-6-7-12-19(2)17-21(32-4)15-16-23-22(24(28)18-25(23)33-5)13-10-8-9-11-14-26(29)34-20(3)35-27(30)31/h11,14-16,19-23,25H,6-10,12-13,17-18H2,1-5H3/b14-11+,16-15+/t19-,20?,21+,22-,23-,25-/m1/s1. The molecule has 1 fully saturated rings. The molecule has 35 heavy (non-hydrogen) atoms. The first-order valence-electron chi connectivity index (χ1n) is 12.7. The Morgan fingerprint density at radius 1 is 1.23 bits per heavy atom. The third-order valence-electron chi connectivity index (χ3n) is 6.45. The predicted octanol–water partition coefficient (Wildman–Crippen LogP) is 5.21. The SMILES string of the molecule is CCCC[C@@H](C)C[C@H](/C=C/[C@H]1[C@H](OC)CC(=O)[C@@H]1CCCC/C=C/C(=O)OC(C)O[N+](=O)[O-])OC. The van der Waals surface area contributed by atoms with E-state index in [1.807, 2.05) is 0 Å². The fraction of sp³-hybridized carbons (Fsp3) is 0.769. The number of hydrogen-bond donors (Lipinski definition) is 0. The summed E-state index contributed by atoms with van der Waals surface area (Å²) in [6, 6.07) is 0. The van der Waals surface area contributed by atoms with Gasteiger partial charge in [-0.15, -0.1) is 10.1 Å². The topological polar surface area (TPSA) is 114 Å². The summed E-state index contributed by atoms with van der Waals surface area (Å²) in [5, 5.41) is 9.21. The second-order valence-corrected chi connectivity index (χ2v) is 9.29. The van der Waals surface area contributed by atoms with Crippen LogP contribution in [0.1, 0.15) is 78.6 Å². The number of Topliss-reactive ketones (excluding diaryl/α,β-unsaturated/α-hetero) is 1. The van der Waals surface area contributed by atoms with E-state index in [1.54, 1.807) is 20.3 Å². The molecule has 0 bridgehead atoms. The first kappa shape index (κ1) is 30.8. The maximum Gasteiger partial charge on any atom is 0.332 e. The van der Waals surface area contributed by atoms with Crippen molar-refractivity contribution >= 4 is 11.8 Å². The average Bonchev–Trinajstić information content (AvgIpc) is 3.11. The highest BCUT2D eigenvalue weighted by atomic mass is 17.0. The van der Waals surface area contributed by atoms with Crippen LogP contribution in [0.25, 0.3) is 0 Å². The van der Waals surface area contributed by atoms with Gasteiger partial charge in [0, 0.05) is 38.6 Å². The largest absolute Gasteiger partial charge is 0.432 e. The lowest BCUT2D eigenvalue weighted by Gasteiger charge is -2.21. The van der Waals surface area contributed by atoms with Crippen LogP contribution in [0.3, 0.4) is 0 Å². The van der Waals surface area contributed by atoms with Crippen LogP contribution in [0.4, 0.5) is 0 Å². The number of methoxy groups -OCH3 is 2. The molecule has 0 aromatic heterocycles. The van der Waals surface area contributed by atoms with Gasteiger partial charge in [0.25, 0.3) is 5.09 Å². The number of carbonyl (C=O) groups is 2. The summed E-state index contributed by atoms with van der Waals surface area (Å²) in [5.74, 6) is 0.0637. The van der Waals surface area contributed by atoms with Gasteiger partial charge in [0.05, 0.1) is 12.2 Å². The van der Waals surface area contributed by atoms with Gasteiger partial charge in [-0.2, -0.15) is 0 Å².